The van der Waals surface area contributed by atoms with Gasteiger partial charge in [-0.1, -0.05) is 12.1 Å². The largest absolute Gasteiger partial charge is 0.484 e. The van der Waals surface area contributed by atoms with Crippen LogP contribution in [0, 0.1) is 15.9 Å². The van der Waals surface area contributed by atoms with E-state index in [1.165, 1.54) is 36.4 Å². The maximum atomic E-state index is 13.1. The summed E-state index contributed by atoms with van der Waals surface area (Å²) in [5.74, 6) is 0.0438. The van der Waals surface area contributed by atoms with E-state index in [1.807, 2.05) is 6.92 Å². The van der Waals surface area contributed by atoms with E-state index < -0.39 is 4.92 Å². The Morgan fingerprint density at radius 3 is 2.38 bits per heavy atom. The minimum absolute atomic E-state index is 0.0135. The molecular formula is C21H24FN3O4. The first-order valence-electron chi connectivity index (χ1n) is 9.48. The summed E-state index contributed by atoms with van der Waals surface area (Å²) in [6.07, 6.45) is 0. The molecule has 1 heterocycles. The van der Waals surface area contributed by atoms with Gasteiger partial charge in [-0.25, -0.2) is 4.39 Å². The molecular weight excluding hydrogens is 377 g/mol. The molecule has 0 spiro atoms. The molecule has 0 aromatic heterocycles. The topological polar surface area (TPSA) is 75.9 Å². The lowest BCUT2D eigenvalue weighted by Crippen LogP contribution is -2.58. The SMILES string of the molecule is C[C@@H]1CN(C(=O)COc2ccc([N+](=O)[O-])cc2)[C@@H](C)CN1Cc1ccc(F)cc1. The molecule has 7 nitrogen and oxygen atoms in total. The number of nitrogens with zero attached hydrogens (tertiary/aromatic N) is 3. The summed E-state index contributed by atoms with van der Waals surface area (Å²) in [6.45, 7) is 5.92. The van der Waals surface area contributed by atoms with Crippen molar-refractivity contribution in [1.29, 1.82) is 0 Å². The number of carbonyl (C=O) groups excluding carboxylic acids is 1. The van der Waals surface area contributed by atoms with E-state index in [0.717, 1.165) is 5.56 Å². The van der Waals surface area contributed by atoms with Crippen LogP contribution in [0.1, 0.15) is 19.4 Å². The molecule has 0 saturated carbocycles. The number of carbonyl (C=O) groups is 1. The first-order valence-corrected chi connectivity index (χ1v) is 9.48. The van der Waals surface area contributed by atoms with Crippen LogP contribution in [0.4, 0.5) is 10.1 Å². The highest BCUT2D eigenvalue weighted by atomic mass is 19.1. The summed E-state index contributed by atoms with van der Waals surface area (Å²) in [5.41, 5.74) is 1.01. The van der Waals surface area contributed by atoms with Crippen LogP contribution < -0.4 is 4.74 Å². The van der Waals surface area contributed by atoms with Gasteiger partial charge in [-0.05, 0) is 43.7 Å². The van der Waals surface area contributed by atoms with Crippen LogP contribution in [0.5, 0.6) is 5.75 Å². The zero-order valence-corrected chi connectivity index (χ0v) is 16.5. The number of nitro benzene ring substituents is 1. The van der Waals surface area contributed by atoms with Crippen molar-refractivity contribution in [3.8, 4) is 5.75 Å². The molecule has 8 heteroatoms. The maximum Gasteiger partial charge on any atom is 0.269 e. The van der Waals surface area contributed by atoms with Gasteiger partial charge < -0.3 is 9.64 Å². The predicted molar refractivity (Wildman–Crippen MR) is 106 cm³/mol. The molecule has 2 aromatic carbocycles. The Morgan fingerprint density at radius 2 is 1.76 bits per heavy atom. The molecule has 1 saturated heterocycles. The number of halogens is 1. The van der Waals surface area contributed by atoms with Gasteiger partial charge in [0.2, 0.25) is 0 Å². The monoisotopic (exact) mass is 401 g/mol. The first-order chi connectivity index (χ1) is 13.8. The highest BCUT2D eigenvalue weighted by molar-refractivity contribution is 5.78. The molecule has 2 aromatic rings. The summed E-state index contributed by atoms with van der Waals surface area (Å²) in [5, 5.41) is 10.7. The van der Waals surface area contributed by atoms with E-state index in [2.05, 4.69) is 11.8 Å². The van der Waals surface area contributed by atoms with E-state index >= 15 is 0 Å². The molecule has 0 unspecified atom stereocenters. The van der Waals surface area contributed by atoms with Crippen LogP contribution in [-0.2, 0) is 11.3 Å². The summed E-state index contributed by atoms with van der Waals surface area (Å²) in [6, 6.07) is 12.3. The molecule has 0 N–H and O–H groups in total. The minimum Gasteiger partial charge on any atom is -0.484 e. The van der Waals surface area contributed by atoms with Crippen LogP contribution in [0.15, 0.2) is 48.5 Å². The second-order valence-electron chi connectivity index (χ2n) is 7.34. The average molecular weight is 401 g/mol. The quantitative estimate of drug-likeness (QED) is 0.549. The van der Waals surface area contributed by atoms with Crippen LogP contribution >= 0.6 is 0 Å². The lowest BCUT2D eigenvalue weighted by atomic mass is 10.1. The van der Waals surface area contributed by atoms with Gasteiger partial charge in [0.25, 0.3) is 11.6 Å². The molecule has 1 amide bonds. The lowest BCUT2D eigenvalue weighted by molar-refractivity contribution is -0.384. The Labute approximate surface area is 168 Å². The minimum atomic E-state index is -0.483. The highest BCUT2D eigenvalue weighted by Crippen LogP contribution is 2.20. The van der Waals surface area contributed by atoms with Crippen molar-refractivity contribution in [2.75, 3.05) is 19.7 Å². The van der Waals surface area contributed by atoms with Gasteiger partial charge >= 0.3 is 0 Å². The van der Waals surface area contributed by atoms with Crippen molar-refractivity contribution >= 4 is 11.6 Å². The van der Waals surface area contributed by atoms with Gasteiger partial charge in [-0.15, -0.1) is 0 Å². The van der Waals surface area contributed by atoms with Gasteiger partial charge in [-0.2, -0.15) is 0 Å². The molecule has 0 aliphatic carbocycles. The Hall–Kier alpha value is -3.00. The van der Waals surface area contributed by atoms with E-state index in [0.29, 0.717) is 25.4 Å². The number of nitro groups is 1. The van der Waals surface area contributed by atoms with E-state index in [4.69, 9.17) is 4.74 Å². The van der Waals surface area contributed by atoms with Crippen molar-refractivity contribution in [3.63, 3.8) is 0 Å². The Balaban J connectivity index is 1.54. The third kappa shape index (κ3) is 5.29. The smallest absolute Gasteiger partial charge is 0.269 e. The van der Waals surface area contributed by atoms with Gasteiger partial charge in [-0.3, -0.25) is 19.8 Å². The summed E-state index contributed by atoms with van der Waals surface area (Å²) >= 11 is 0. The van der Waals surface area contributed by atoms with Gasteiger partial charge in [0.1, 0.15) is 11.6 Å². The van der Waals surface area contributed by atoms with Crippen LogP contribution in [-0.4, -0.2) is 52.4 Å². The number of piperazine rings is 1. The molecule has 29 heavy (non-hydrogen) atoms. The average Bonchev–Trinajstić information content (AvgIpc) is 2.70. The summed E-state index contributed by atoms with van der Waals surface area (Å²) in [4.78, 5) is 26.9. The van der Waals surface area contributed by atoms with E-state index in [1.54, 1.807) is 17.0 Å². The molecule has 0 bridgehead atoms. The normalized spacial score (nSPS) is 19.8. The molecule has 154 valence electrons. The molecule has 1 aliphatic rings. The van der Waals surface area contributed by atoms with Crippen molar-refractivity contribution in [1.82, 2.24) is 9.80 Å². The summed E-state index contributed by atoms with van der Waals surface area (Å²) < 4.78 is 18.6. The van der Waals surface area contributed by atoms with Crippen LogP contribution in [0.2, 0.25) is 0 Å². The van der Waals surface area contributed by atoms with E-state index in [-0.39, 0.29) is 36.1 Å². The fourth-order valence-corrected chi connectivity index (χ4v) is 3.48. The van der Waals surface area contributed by atoms with Crippen molar-refractivity contribution in [2.45, 2.75) is 32.5 Å². The number of benzene rings is 2. The Bertz CT molecular complexity index is 857. The highest BCUT2D eigenvalue weighted by Gasteiger charge is 2.32. The Morgan fingerprint density at radius 1 is 1.10 bits per heavy atom. The lowest BCUT2D eigenvalue weighted by Gasteiger charge is -2.44. The zero-order chi connectivity index (χ0) is 21.0. The number of hydrogen-bond acceptors (Lipinski definition) is 5. The number of hydrogen-bond donors (Lipinski definition) is 0. The number of non-ortho nitro benzene ring substituents is 1. The van der Waals surface area contributed by atoms with Crippen molar-refractivity contribution in [3.05, 3.63) is 70.0 Å². The second kappa shape index (κ2) is 9.00. The molecule has 3 rings (SSSR count). The third-order valence-corrected chi connectivity index (χ3v) is 5.14. The Kier molecular flexibility index (Phi) is 6.43. The van der Waals surface area contributed by atoms with Crippen LogP contribution in [0.3, 0.4) is 0 Å². The fraction of sp³-hybridized carbons (Fsp3) is 0.381. The summed E-state index contributed by atoms with van der Waals surface area (Å²) in [7, 11) is 0. The van der Waals surface area contributed by atoms with Crippen molar-refractivity contribution in [2.24, 2.45) is 0 Å². The third-order valence-electron chi connectivity index (χ3n) is 5.14. The number of amides is 1. The molecule has 1 fully saturated rings. The van der Waals surface area contributed by atoms with Gasteiger partial charge in [0.05, 0.1) is 4.92 Å². The fourth-order valence-electron chi connectivity index (χ4n) is 3.48. The van der Waals surface area contributed by atoms with E-state index in [9.17, 15) is 19.3 Å². The standard InChI is InChI=1S/C21H24FN3O4/c1-15-12-24(16(2)11-23(15)13-17-3-5-18(22)6-4-17)21(26)14-29-20-9-7-19(8-10-20)25(27)28/h3-10,15-16H,11-14H2,1-2H3/t15-,16+/m1/s1. The first kappa shape index (κ1) is 20.7. The molecule has 0 radical (unpaired) electrons. The second-order valence-corrected chi connectivity index (χ2v) is 7.34. The molecule has 2 atom stereocenters. The van der Waals surface area contributed by atoms with Gasteiger partial charge in [0, 0.05) is 43.9 Å². The maximum absolute atomic E-state index is 13.1. The number of rotatable bonds is 6. The number of ether oxygens (including phenoxy) is 1. The van der Waals surface area contributed by atoms with Crippen LogP contribution in [0.25, 0.3) is 0 Å². The van der Waals surface area contributed by atoms with Crippen molar-refractivity contribution < 1.29 is 18.8 Å². The predicted octanol–water partition coefficient (Wildman–Crippen LogP) is 3.23. The van der Waals surface area contributed by atoms with Gasteiger partial charge in [0.15, 0.2) is 6.61 Å². The zero-order valence-electron chi connectivity index (χ0n) is 16.5. The molecule has 1 aliphatic heterocycles.